The van der Waals surface area contributed by atoms with E-state index >= 15 is 0 Å². The number of carbonyl (C=O) groups is 2. The number of rotatable bonds is 6. The van der Waals surface area contributed by atoms with Crippen LogP contribution in [-0.4, -0.2) is 32.5 Å². The Morgan fingerprint density at radius 3 is 2.54 bits per heavy atom. The SMILES string of the molecule is C=CCNC(=O)c1ccccc1NC(=O)c1cccc(N(C)C)c1. The molecular weight excluding hydrogens is 302 g/mol. The first-order valence-electron chi connectivity index (χ1n) is 7.60. The molecule has 2 aromatic carbocycles. The summed E-state index contributed by atoms with van der Waals surface area (Å²) in [7, 11) is 3.83. The van der Waals surface area contributed by atoms with Crippen LogP contribution in [0.4, 0.5) is 11.4 Å². The second kappa shape index (κ2) is 7.97. The van der Waals surface area contributed by atoms with Gasteiger partial charge in [0.2, 0.25) is 0 Å². The number of para-hydroxylation sites is 1. The highest BCUT2D eigenvalue weighted by molar-refractivity contribution is 6.09. The third kappa shape index (κ3) is 4.23. The molecule has 0 bridgehead atoms. The van der Waals surface area contributed by atoms with Crippen LogP contribution in [0.3, 0.4) is 0 Å². The van der Waals surface area contributed by atoms with Crippen LogP contribution in [0.5, 0.6) is 0 Å². The lowest BCUT2D eigenvalue weighted by Crippen LogP contribution is -2.25. The van der Waals surface area contributed by atoms with Crippen LogP contribution in [0.1, 0.15) is 20.7 Å². The Hall–Kier alpha value is -3.08. The summed E-state index contributed by atoms with van der Waals surface area (Å²) >= 11 is 0. The standard InChI is InChI=1S/C19H21N3O2/c1-4-12-20-19(24)16-10-5-6-11-17(16)21-18(23)14-8-7-9-15(13-14)22(2)3/h4-11,13H,1,12H2,2-3H3,(H,20,24)(H,21,23). The molecule has 24 heavy (non-hydrogen) atoms. The molecule has 0 fully saturated rings. The number of nitrogens with zero attached hydrogens (tertiary/aromatic N) is 1. The van der Waals surface area contributed by atoms with Gasteiger partial charge in [-0.3, -0.25) is 9.59 Å². The zero-order chi connectivity index (χ0) is 17.5. The van der Waals surface area contributed by atoms with Crippen LogP contribution < -0.4 is 15.5 Å². The van der Waals surface area contributed by atoms with Crippen LogP contribution in [0.25, 0.3) is 0 Å². The molecule has 0 radical (unpaired) electrons. The minimum absolute atomic E-state index is 0.257. The molecule has 0 aliphatic heterocycles. The smallest absolute Gasteiger partial charge is 0.255 e. The van der Waals surface area contributed by atoms with Gasteiger partial charge < -0.3 is 15.5 Å². The molecule has 0 heterocycles. The Bertz CT molecular complexity index is 754. The van der Waals surface area contributed by atoms with Gasteiger partial charge in [-0.25, -0.2) is 0 Å². The molecule has 0 aromatic heterocycles. The van der Waals surface area contributed by atoms with E-state index in [9.17, 15) is 9.59 Å². The van der Waals surface area contributed by atoms with Crippen molar-refractivity contribution in [1.29, 1.82) is 0 Å². The molecule has 0 saturated heterocycles. The first kappa shape index (κ1) is 17.3. The van der Waals surface area contributed by atoms with Gasteiger partial charge in [0, 0.05) is 31.9 Å². The van der Waals surface area contributed by atoms with Gasteiger partial charge in [0.15, 0.2) is 0 Å². The van der Waals surface area contributed by atoms with E-state index in [1.165, 1.54) is 0 Å². The molecular formula is C19H21N3O2. The Kier molecular flexibility index (Phi) is 5.73. The third-order valence-corrected chi connectivity index (χ3v) is 3.45. The molecule has 2 aromatic rings. The summed E-state index contributed by atoms with van der Waals surface area (Å²) in [5, 5.41) is 5.52. The molecule has 0 unspecified atom stereocenters. The fourth-order valence-electron chi connectivity index (χ4n) is 2.17. The number of amides is 2. The van der Waals surface area contributed by atoms with Crippen molar-refractivity contribution < 1.29 is 9.59 Å². The maximum absolute atomic E-state index is 12.5. The average molecular weight is 323 g/mol. The summed E-state index contributed by atoms with van der Waals surface area (Å²) in [6.45, 7) is 3.94. The number of nitrogens with one attached hydrogen (secondary N) is 2. The molecule has 0 aliphatic rings. The minimum Gasteiger partial charge on any atom is -0.378 e. The first-order valence-corrected chi connectivity index (χ1v) is 7.60. The molecule has 2 rings (SSSR count). The fourth-order valence-corrected chi connectivity index (χ4v) is 2.17. The van der Waals surface area contributed by atoms with Crippen molar-refractivity contribution in [2.45, 2.75) is 0 Å². The van der Waals surface area contributed by atoms with Crippen molar-refractivity contribution in [2.75, 3.05) is 30.9 Å². The van der Waals surface area contributed by atoms with Gasteiger partial charge in [0.25, 0.3) is 11.8 Å². The molecule has 2 amide bonds. The van der Waals surface area contributed by atoms with Crippen molar-refractivity contribution in [3.05, 3.63) is 72.3 Å². The average Bonchev–Trinajstić information content (AvgIpc) is 2.60. The quantitative estimate of drug-likeness (QED) is 0.804. The summed E-state index contributed by atoms with van der Waals surface area (Å²) in [5.41, 5.74) is 2.35. The van der Waals surface area contributed by atoms with Crippen molar-refractivity contribution >= 4 is 23.2 Å². The molecule has 0 aliphatic carbocycles. The van der Waals surface area contributed by atoms with Gasteiger partial charge in [-0.15, -0.1) is 6.58 Å². The second-order valence-electron chi connectivity index (χ2n) is 5.44. The number of hydrogen-bond donors (Lipinski definition) is 2. The molecule has 0 saturated carbocycles. The largest absolute Gasteiger partial charge is 0.378 e. The monoisotopic (exact) mass is 323 g/mol. The highest BCUT2D eigenvalue weighted by Gasteiger charge is 2.14. The lowest BCUT2D eigenvalue weighted by molar-refractivity contribution is 0.0959. The Morgan fingerprint density at radius 2 is 1.83 bits per heavy atom. The van der Waals surface area contributed by atoms with E-state index in [1.807, 2.05) is 31.1 Å². The van der Waals surface area contributed by atoms with Crippen LogP contribution in [-0.2, 0) is 0 Å². The molecule has 0 spiro atoms. The number of benzene rings is 2. The Labute approximate surface area is 142 Å². The summed E-state index contributed by atoms with van der Waals surface area (Å²) in [5.74, 6) is -0.518. The number of carbonyl (C=O) groups excluding carboxylic acids is 2. The second-order valence-corrected chi connectivity index (χ2v) is 5.44. The van der Waals surface area contributed by atoms with Crippen molar-refractivity contribution in [1.82, 2.24) is 5.32 Å². The van der Waals surface area contributed by atoms with E-state index in [0.29, 0.717) is 23.4 Å². The van der Waals surface area contributed by atoms with Gasteiger partial charge in [-0.05, 0) is 30.3 Å². The highest BCUT2D eigenvalue weighted by atomic mass is 16.2. The van der Waals surface area contributed by atoms with Crippen LogP contribution >= 0.6 is 0 Å². The van der Waals surface area contributed by atoms with Crippen LogP contribution in [0.15, 0.2) is 61.2 Å². The van der Waals surface area contributed by atoms with E-state index in [0.717, 1.165) is 5.69 Å². The van der Waals surface area contributed by atoms with Crippen molar-refractivity contribution in [2.24, 2.45) is 0 Å². The van der Waals surface area contributed by atoms with Gasteiger partial charge in [-0.2, -0.15) is 0 Å². The maximum atomic E-state index is 12.5. The normalized spacial score (nSPS) is 9.92. The van der Waals surface area contributed by atoms with E-state index in [2.05, 4.69) is 17.2 Å². The zero-order valence-electron chi connectivity index (χ0n) is 13.9. The topological polar surface area (TPSA) is 61.4 Å². The predicted molar refractivity (Wildman–Crippen MR) is 97.7 cm³/mol. The van der Waals surface area contributed by atoms with Gasteiger partial charge >= 0.3 is 0 Å². The van der Waals surface area contributed by atoms with Gasteiger partial charge in [0.1, 0.15) is 0 Å². The first-order chi connectivity index (χ1) is 11.5. The predicted octanol–water partition coefficient (Wildman–Crippen LogP) is 2.92. The molecule has 5 heteroatoms. The summed E-state index contributed by atoms with van der Waals surface area (Å²) in [4.78, 5) is 26.6. The maximum Gasteiger partial charge on any atom is 0.255 e. The zero-order valence-corrected chi connectivity index (χ0v) is 13.9. The molecule has 2 N–H and O–H groups in total. The van der Waals surface area contributed by atoms with Crippen LogP contribution in [0.2, 0.25) is 0 Å². The van der Waals surface area contributed by atoms with E-state index < -0.39 is 0 Å². The lowest BCUT2D eigenvalue weighted by Gasteiger charge is -2.14. The molecule has 5 nitrogen and oxygen atoms in total. The van der Waals surface area contributed by atoms with Gasteiger partial charge in [0.05, 0.1) is 11.3 Å². The highest BCUT2D eigenvalue weighted by Crippen LogP contribution is 2.18. The number of hydrogen-bond acceptors (Lipinski definition) is 3. The molecule has 124 valence electrons. The summed E-state index contributed by atoms with van der Waals surface area (Å²) < 4.78 is 0. The Morgan fingerprint density at radius 1 is 1.08 bits per heavy atom. The molecule has 0 atom stereocenters. The Balaban J connectivity index is 2.22. The summed E-state index contributed by atoms with van der Waals surface area (Å²) in [6, 6.07) is 14.2. The van der Waals surface area contributed by atoms with Crippen LogP contribution in [0, 0.1) is 0 Å². The van der Waals surface area contributed by atoms with E-state index in [-0.39, 0.29) is 11.8 Å². The van der Waals surface area contributed by atoms with Gasteiger partial charge in [-0.1, -0.05) is 24.3 Å². The summed E-state index contributed by atoms with van der Waals surface area (Å²) in [6.07, 6.45) is 1.60. The van der Waals surface area contributed by atoms with Crippen molar-refractivity contribution in [3.8, 4) is 0 Å². The number of anilines is 2. The minimum atomic E-state index is -0.261. The fraction of sp³-hybridized carbons (Fsp3) is 0.158. The lowest BCUT2D eigenvalue weighted by atomic mass is 10.1. The third-order valence-electron chi connectivity index (χ3n) is 3.45. The van der Waals surface area contributed by atoms with Crippen molar-refractivity contribution in [3.63, 3.8) is 0 Å². The van der Waals surface area contributed by atoms with E-state index in [4.69, 9.17) is 0 Å². The van der Waals surface area contributed by atoms with E-state index in [1.54, 1.807) is 42.5 Å².